The molecule has 32 heavy (non-hydrogen) atoms. The van der Waals surface area contributed by atoms with Crippen molar-refractivity contribution in [3.05, 3.63) is 16.7 Å². The van der Waals surface area contributed by atoms with E-state index in [0.29, 0.717) is 0 Å². The highest BCUT2D eigenvalue weighted by Crippen LogP contribution is 2.66. The van der Waals surface area contributed by atoms with Gasteiger partial charge in [0.15, 0.2) is 17.4 Å². The Kier molecular flexibility index (Phi) is 5.74. The minimum absolute atomic E-state index is 0.00659. The summed E-state index contributed by atoms with van der Waals surface area (Å²) < 4.78 is 59.0. The van der Waals surface area contributed by atoms with Gasteiger partial charge in [-0.15, -0.1) is 0 Å². The Morgan fingerprint density at radius 3 is 2.66 bits per heavy atom. The van der Waals surface area contributed by atoms with Crippen LogP contribution in [-0.4, -0.2) is 64.0 Å². The Morgan fingerprint density at radius 2 is 1.97 bits per heavy atom. The number of fused-ring (bicyclic) bond motifs is 3. The van der Waals surface area contributed by atoms with E-state index in [-0.39, 0.29) is 30.1 Å². The van der Waals surface area contributed by atoms with E-state index >= 15 is 0 Å². The van der Waals surface area contributed by atoms with E-state index in [2.05, 4.69) is 28.1 Å². The molecular weight excluding hydrogens is 503 g/mol. The van der Waals surface area contributed by atoms with Crippen LogP contribution in [0.2, 0.25) is 0 Å². The molecule has 0 saturated carbocycles. The molecule has 2 aliphatic rings. The first-order chi connectivity index (χ1) is 14.7. The van der Waals surface area contributed by atoms with Gasteiger partial charge in [0.2, 0.25) is 5.95 Å². The van der Waals surface area contributed by atoms with Crippen molar-refractivity contribution in [2.45, 2.75) is 24.4 Å². The van der Waals surface area contributed by atoms with Crippen molar-refractivity contribution in [1.82, 2.24) is 19.5 Å². The number of rotatable bonds is 8. The van der Waals surface area contributed by atoms with Crippen molar-refractivity contribution in [2.75, 3.05) is 18.9 Å². The summed E-state index contributed by atoms with van der Waals surface area (Å²) in [4.78, 5) is 58.2. The zero-order valence-corrected chi connectivity index (χ0v) is 18.3. The van der Waals surface area contributed by atoms with Gasteiger partial charge in [0, 0.05) is 6.42 Å². The van der Waals surface area contributed by atoms with E-state index in [0.717, 1.165) is 0 Å². The summed E-state index contributed by atoms with van der Waals surface area (Å²) in [5.74, 6) is -0.157. The molecule has 2 saturated heterocycles. The minimum atomic E-state index is -5.64. The van der Waals surface area contributed by atoms with Crippen LogP contribution in [0.25, 0.3) is 11.2 Å². The SMILES string of the molecule is Nc1nc2c(ncn2[C@@H]2O[C@@]3(COP(=O)(O)OP(=O)(O)OP(=O)(O)O)CO[C@@H]2C3)c(=O)[nH]1. The monoisotopic (exact) mass is 519 g/mol. The number of imidazole rings is 1. The highest BCUT2D eigenvalue weighted by atomic mass is 31.3. The number of hydrogen-bond acceptors (Lipinski definition) is 12. The molecule has 2 unspecified atom stereocenters. The predicted molar refractivity (Wildman–Crippen MR) is 99.6 cm³/mol. The summed E-state index contributed by atoms with van der Waals surface area (Å²) in [6, 6.07) is 0. The van der Waals surface area contributed by atoms with Crippen LogP contribution >= 0.6 is 23.5 Å². The predicted octanol–water partition coefficient (Wildman–Crippen LogP) is -0.898. The lowest BCUT2D eigenvalue weighted by molar-refractivity contribution is -0.181. The minimum Gasteiger partial charge on any atom is -0.370 e. The Bertz CT molecular complexity index is 1260. The maximum absolute atomic E-state index is 12.0. The maximum Gasteiger partial charge on any atom is 0.490 e. The van der Waals surface area contributed by atoms with Crippen molar-refractivity contribution >= 4 is 40.6 Å². The van der Waals surface area contributed by atoms with E-state index in [4.69, 9.17) is 25.0 Å². The van der Waals surface area contributed by atoms with Crippen molar-refractivity contribution < 1.29 is 55.9 Å². The fraction of sp³-hybridized carbons (Fsp3) is 0.545. The first-order valence-corrected chi connectivity index (χ1v) is 13.0. The number of aromatic nitrogens is 4. The second kappa shape index (κ2) is 7.77. The molecular formula is C11H16N5O13P3. The van der Waals surface area contributed by atoms with E-state index < -0.39 is 53.6 Å². The first kappa shape index (κ1) is 23.6. The van der Waals surface area contributed by atoms with Gasteiger partial charge in [-0.1, -0.05) is 0 Å². The molecule has 0 spiro atoms. The van der Waals surface area contributed by atoms with Gasteiger partial charge < -0.3 is 34.8 Å². The Balaban J connectivity index is 1.48. The molecule has 178 valence electrons. The summed E-state index contributed by atoms with van der Waals surface area (Å²) in [6.07, 6.45) is -0.0469. The summed E-state index contributed by atoms with van der Waals surface area (Å²) in [7, 11) is -16.5. The standard InChI is InChI=1S/C11H16N5O13P3/c12-10-14-7-6(8(17)15-10)13-4-16(7)9-5-1-11(27-9,2-25-5)3-26-31(21,22)29-32(23,24)28-30(18,19)20/h4-5,9H,1-3H2,(H,21,22)(H,23,24)(H2,18,19,20)(H3,12,14,15,17)/t5-,9-,11-/m1/s1. The van der Waals surface area contributed by atoms with Gasteiger partial charge in [-0.3, -0.25) is 18.9 Å². The molecule has 21 heteroatoms. The summed E-state index contributed by atoms with van der Waals surface area (Å²) >= 11 is 0. The van der Waals surface area contributed by atoms with Gasteiger partial charge in [0.1, 0.15) is 11.7 Å². The number of ether oxygens (including phenoxy) is 2. The van der Waals surface area contributed by atoms with E-state index in [9.17, 15) is 28.3 Å². The highest BCUT2D eigenvalue weighted by Gasteiger charge is 2.56. The van der Waals surface area contributed by atoms with Gasteiger partial charge >= 0.3 is 23.5 Å². The van der Waals surface area contributed by atoms with Crippen LogP contribution in [0, 0.1) is 0 Å². The molecule has 2 fully saturated rings. The van der Waals surface area contributed by atoms with Crippen molar-refractivity contribution in [3.8, 4) is 0 Å². The van der Waals surface area contributed by atoms with E-state index in [1.165, 1.54) is 10.9 Å². The second-order valence-electron chi connectivity index (χ2n) is 6.88. The van der Waals surface area contributed by atoms with Gasteiger partial charge in [-0.25, -0.2) is 18.7 Å². The number of H-pyrrole nitrogens is 1. The molecule has 7 N–H and O–H groups in total. The van der Waals surface area contributed by atoms with Crippen molar-refractivity contribution in [1.29, 1.82) is 0 Å². The number of nitrogens with zero attached hydrogens (tertiary/aromatic N) is 3. The zero-order valence-electron chi connectivity index (χ0n) is 15.6. The zero-order chi connectivity index (χ0) is 23.5. The lowest BCUT2D eigenvalue weighted by atomic mass is 10.0. The van der Waals surface area contributed by atoms with Crippen LogP contribution in [0.4, 0.5) is 5.95 Å². The Hall–Kier alpha value is -1.52. The smallest absolute Gasteiger partial charge is 0.370 e. The molecule has 0 amide bonds. The molecule has 4 heterocycles. The first-order valence-electron chi connectivity index (χ1n) is 8.48. The van der Waals surface area contributed by atoms with Crippen molar-refractivity contribution in [2.24, 2.45) is 0 Å². The lowest BCUT2D eigenvalue weighted by Gasteiger charge is -2.31. The number of aromatic amines is 1. The maximum atomic E-state index is 12.0. The molecule has 2 aromatic heterocycles. The second-order valence-corrected chi connectivity index (χ2v) is 11.3. The van der Waals surface area contributed by atoms with E-state index in [1.807, 2.05) is 0 Å². The topological polar surface area (TPSA) is 268 Å². The number of anilines is 1. The van der Waals surface area contributed by atoms with Crippen LogP contribution in [-0.2, 0) is 36.3 Å². The van der Waals surface area contributed by atoms with Crippen LogP contribution in [0.5, 0.6) is 0 Å². The lowest BCUT2D eigenvalue weighted by Crippen LogP contribution is -2.39. The Labute approximate surface area is 176 Å². The summed E-state index contributed by atoms with van der Waals surface area (Å²) in [6.45, 7) is -0.765. The van der Waals surface area contributed by atoms with E-state index in [1.54, 1.807) is 0 Å². The van der Waals surface area contributed by atoms with Crippen molar-refractivity contribution in [3.63, 3.8) is 0 Å². The highest BCUT2D eigenvalue weighted by molar-refractivity contribution is 7.66. The van der Waals surface area contributed by atoms with Gasteiger partial charge in [-0.2, -0.15) is 13.6 Å². The summed E-state index contributed by atoms with van der Waals surface area (Å²) in [5, 5.41) is 0. The molecule has 0 aromatic carbocycles. The Morgan fingerprint density at radius 1 is 1.25 bits per heavy atom. The van der Waals surface area contributed by atoms with Gasteiger partial charge in [0.05, 0.1) is 19.5 Å². The molecule has 2 aromatic rings. The molecule has 18 nitrogen and oxygen atoms in total. The fourth-order valence-electron chi connectivity index (χ4n) is 3.34. The number of nitrogens with one attached hydrogen (secondary N) is 1. The number of phosphoric ester groups is 1. The van der Waals surface area contributed by atoms with Gasteiger partial charge in [0.25, 0.3) is 5.56 Å². The number of hydrogen-bond donors (Lipinski definition) is 6. The molecule has 2 bridgehead atoms. The largest absolute Gasteiger partial charge is 0.490 e. The van der Waals surface area contributed by atoms with Crippen LogP contribution in [0.3, 0.4) is 0 Å². The molecule has 5 atom stereocenters. The third-order valence-corrected chi connectivity index (χ3v) is 8.24. The molecule has 4 rings (SSSR count). The van der Waals surface area contributed by atoms with Crippen LogP contribution < -0.4 is 11.3 Å². The number of nitrogens with two attached hydrogens (primary N) is 1. The molecule has 0 aliphatic carbocycles. The van der Waals surface area contributed by atoms with Crippen LogP contribution in [0.1, 0.15) is 12.6 Å². The number of phosphoric acid groups is 3. The third kappa shape index (κ3) is 4.87. The average molecular weight is 519 g/mol. The third-order valence-electron chi connectivity index (χ3n) is 4.45. The van der Waals surface area contributed by atoms with Crippen LogP contribution in [0.15, 0.2) is 11.1 Å². The normalized spacial score (nSPS) is 29.2. The number of nitrogen functional groups attached to an aromatic ring is 1. The van der Waals surface area contributed by atoms with Gasteiger partial charge in [-0.05, 0) is 0 Å². The molecule has 0 radical (unpaired) electrons. The fourth-order valence-corrected chi connectivity index (χ4v) is 6.44. The summed E-state index contributed by atoms with van der Waals surface area (Å²) in [5.41, 5.74) is 3.79. The average Bonchev–Trinajstić information content (AvgIpc) is 3.29. The molecule has 2 aliphatic heterocycles. The quantitative estimate of drug-likeness (QED) is 0.231.